The number of nitrogens with zero attached hydrogens (tertiary/aromatic N) is 2. The SMILES string of the molecule is Fc1ccc(CCN2CCCC2Cc2cccc3c2=COc2ccccc2N=3)cc1. The van der Waals surface area contributed by atoms with E-state index in [1.807, 2.05) is 42.7 Å². The second-order valence-corrected chi connectivity index (χ2v) is 8.08. The molecule has 0 aromatic heterocycles. The monoisotopic (exact) mass is 400 g/mol. The summed E-state index contributed by atoms with van der Waals surface area (Å²) in [6, 6.07) is 21.6. The van der Waals surface area contributed by atoms with Crippen LogP contribution in [0.25, 0.3) is 6.26 Å². The van der Waals surface area contributed by atoms with Gasteiger partial charge in [0.2, 0.25) is 0 Å². The van der Waals surface area contributed by atoms with Gasteiger partial charge in [-0.1, -0.05) is 36.4 Å². The first-order valence-corrected chi connectivity index (χ1v) is 10.7. The zero-order chi connectivity index (χ0) is 20.3. The molecule has 1 atom stereocenters. The van der Waals surface area contributed by atoms with Crippen LogP contribution < -0.4 is 15.3 Å². The molecule has 2 aliphatic rings. The second kappa shape index (κ2) is 8.41. The van der Waals surface area contributed by atoms with Gasteiger partial charge >= 0.3 is 0 Å². The molecule has 2 aliphatic heterocycles. The third kappa shape index (κ3) is 4.01. The smallest absolute Gasteiger partial charge is 0.152 e. The van der Waals surface area contributed by atoms with E-state index in [1.165, 1.54) is 24.0 Å². The molecule has 0 bridgehead atoms. The van der Waals surface area contributed by atoms with Crippen LogP contribution in [0.15, 0.2) is 71.7 Å². The van der Waals surface area contributed by atoms with Crippen molar-refractivity contribution in [2.75, 3.05) is 13.1 Å². The van der Waals surface area contributed by atoms with Crippen LogP contribution in [0, 0.1) is 5.82 Å². The molecule has 1 unspecified atom stereocenters. The van der Waals surface area contributed by atoms with Gasteiger partial charge in [-0.2, -0.15) is 0 Å². The summed E-state index contributed by atoms with van der Waals surface area (Å²) >= 11 is 0. The Hall–Kier alpha value is -2.98. The summed E-state index contributed by atoms with van der Waals surface area (Å²) < 4.78 is 19.1. The van der Waals surface area contributed by atoms with Crippen molar-refractivity contribution < 1.29 is 9.13 Å². The number of hydrogen-bond acceptors (Lipinski definition) is 3. The fourth-order valence-electron chi connectivity index (χ4n) is 4.51. The zero-order valence-corrected chi connectivity index (χ0v) is 16.9. The van der Waals surface area contributed by atoms with Crippen LogP contribution in [0.3, 0.4) is 0 Å². The number of benzene rings is 3. The zero-order valence-electron chi connectivity index (χ0n) is 16.9. The molecule has 3 aromatic carbocycles. The average Bonchev–Trinajstić information content (AvgIpc) is 3.11. The van der Waals surface area contributed by atoms with Crippen molar-refractivity contribution in [2.45, 2.75) is 31.7 Å². The second-order valence-electron chi connectivity index (χ2n) is 8.08. The van der Waals surface area contributed by atoms with Gasteiger partial charge in [0.25, 0.3) is 0 Å². The van der Waals surface area contributed by atoms with Gasteiger partial charge in [-0.15, -0.1) is 0 Å². The molecule has 3 aromatic rings. The van der Waals surface area contributed by atoms with E-state index in [0.717, 1.165) is 47.9 Å². The minimum atomic E-state index is -0.173. The Balaban J connectivity index is 1.35. The highest BCUT2D eigenvalue weighted by atomic mass is 19.1. The van der Waals surface area contributed by atoms with Crippen LogP contribution in [0.4, 0.5) is 10.1 Å². The Morgan fingerprint density at radius 1 is 1.00 bits per heavy atom. The summed E-state index contributed by atoms with van der Waals surface area (Å²) in [6.07, 6.45) is 6.21. The predicted octanol–water partition coefficient (Wildman–Crippen LogP) is 4.16. The number of halogens is 1. The van der Waals surface area contributed by atoms with Crippen LogP contribution in [-0.2, 0) is 12.8 Å². The Morgan fingerprint density at radius 2 is 1.87 bits per heavy atom. The Labute approximate surface area is 176 Å². The molecule has 0 aliphatic carbocycles. The van der Waals surface area contributed by atoms with Crippen LogP contribution in [0.5, 0.6) is 5.75 Å². The van der Waals surface area contributed by atoms with Crippen LogP contribution in [0.1, 0.15) is 24.0 Å². The summed E-state index contributed by atoms with van der Waals surface area (Å²) in [5.41, 5.74) is 3.34. The Kier molecular flexibility index (Phi) is 5.33. The third-order valence-corrected chi connectivity index (χ3v) is 6.14. The topological polar surface area (TPSA) is 24.8 Å². The third-order valence-electron chi connectivity index (χ3n) is 6.14. The maximum absolute atomic E-state index is 13.2. The Morgan fingerprint density at radius 3 is 2.77 bits per heavy atom. The van der Waals surface area contributed by atoms with Gasteiger partial charge in [0.1, 0.15) is 17.8 Å². The van der Waals surface area contributed by atoms with Gasteiger partial charge in [0.15, 0.2) is 5.75 Å². The molecular weight excluding hydrogens is 375 g/mol. The standard InChI is InChI=1S/C26H25FN2O/c27-21-12-10-19(11-13-21)14-16-29-15-4-6-22(29)17-20-5-3-8-24-23(20)18-30-26-9-2-1-7-25(26)28-24/h1-3,5,7-13,18,22H,4,6,14-17H2. The van der Waals surface area contributed by atoms with E-state index >= 15 is 0 Å². The van der Waals surface area contributed by atoms with E-state index in [2.05, 4.69) is 23.1 Å². The fourth-order valence-corrected chi connectivity index (χ4v) is 4.51. The highest BCUT2D eigenvalue weighted by Gasteiger charge is 2.24. The molecule has 0 saturated carbocycles. The fraction of sp³-hybridized carbons (Fsp3) is 0.269. The average molecular weight is 400 g/mol. The molecular formula is C26H25FN2O. The van der Waals surface area contributed by atoms with E-state index < -0.39 is 0 Å². The molecule has 0 spiro atoms. The summed E-state index contributed by atoms with van der Waals surface area (Å²) in [5.74, 6) is 0.620. The van der Waals surface area contributed by atoms with Crippen molar-refractivity contribution in [2.24, 2.45) is 4.99 Å². The normalized spacial score (nSPS) is 17.8. The lowest BCUT2D eigenvalue weighted by Gasteiger charge is -2.24. The maximum Gasteiger partial charge on any atom is 0.152 e. The van der Waals surface area contributed by atoms with Gasteiger partial charge in [-0.25, -0.2) is 9.38 Å². The number of hydrogen-bond donors (Lipinski definition) is 0. The molecule has 0 radical (unpaired) electrons. The molecule has 1 fully saturated rings. The van der Waals surface area contributed by atoms with Crippen molar-refractivity contribution in [3.63, 3.8) is 0 Å². The van der Waals surface area contributed by atoms with Gasteiger partial charge in [-0.05, 0) is 73.7 Å². The molecule has 4 heteroatoms. The minimum Gasteiger partial charge on any atom is -0.462 e. The van der Waals surface area contributed by atoms with E-state index in [-0.39, 0.29) is 5.82 Å². The molecule has 30 heavy (non-hydrogen) atoms. The first kappa shape index (κ1) is 19.0. The quantitative estimate of drug-likeness (QED) is 0.643. The van der Waals surface area contributed by atoms with Crippen molar-refractivity contribution in [3.05, 3.63) is 94.3 Å². The van der Waals surface area contributed by atoms with Crippen LogP contribution in [0.2, 0.25) is 0 Å². The van der Waals surface area contributed by atoms with Crippen LogP contribution in [-0.4, -0.2) is 24.0 Å². The molecule has 5 rings (SSSR count). The highest BCUT2D eigenvalue weighted by Crippen LogP contribution is 2.27. The number of para-hydroxylation sites is 2. The Bertz CT molecular complexity index is 1160. The van der Waals surface area contributed by atoms with Crippen molar-refractivity contribution in [3.8, 4) is 5.75 Å². The molecule has 0 amide bonds. The first-order chi connectivity index (χ1) is 14.8. The summed E-state index contributed by atoms with van der Waals surface area (Å²) in [6.45, 7) is 2.12. The number of likely N-dealkylation sites (tertiary alicyclic amines) is 1. The summed E-state index contributed by atoms with van der Waals surface area (Å²) in [5, 5.41) is 2.05. The molecule has 3 nitrogen and oxygen atoms in total. The van der Waals surface area contributed by atoms with Crippen molar-refractivity contribution in [1.29, 1.82) is 0 Å². The largest absolute Gasteiger partial charge is 0.462 e. The lowest BCUT2D eigenvalue weighted by Crippen LogP contribution is -2.36. The van der Waals surface area contributed by atoms with E-state index in [4.69, 9.17) is 9.73 Å². The molecule has 0 N–H and O–H groups in total. The van der Waals surface area contributed by atoms with Crippen LogP contribution >= 0.6 is 0 Å². The molecule has 1 saturated heterocycles. The first-order valence-electron chi connectivity index (χ1n) is 10.7. The lowest BCUT2D eigenvalue weighted by molar-refractivity contribution is 0.255. The molecule has 2 heterocycles. The van der Waals surface area contributed by atoms with E-state index in [9.17, 15) is 4.39 Å². The van der Waals surface area contributed by atoms with Gasteiger partial charge in [0.05, 0.1) is 5.36 Å². The summed E-state index contributed by atoms with van der Waals surface area (Å²) in [4.78, 5) is 7.42. The summed E-state index contributed by atoms with van der Waals surface area (Å²) in [7, 11) is 0. The maximum atomic E-state index is 13.2. The number of ether oxygens (including phenoxy) is 1. The number of rotatable bonds is 5. The molecule has 152 valence electrons. The van der Waals surface area contributed by atoms with E-state index in [1.54, 1.807) is 12.1 Å². The van der Waals surface area contributed by atoms with Crippen molar-refractivity contribution >= 4 is 11.9 Å². The van der Waals surface area contributed by atoms with Gasteiger partial charge < -0.3 is 4.74 Å². The minimum absolute atomic E-state index is 0.173. The van der Waals surface area contributed by atoms with E-state index in [0.29, 0.717) is 6.04 Å². The van der Waals surface area contributed by atoms with Gasteiger partial charge in [-0.3, -0.25) is 4.90 Å². The van der Waals surface area contributed by atoms with Gasteiger partial charge in [0, 0.05) is 17.8 Å². The predicted molar refractivity (Wildman–Crippen MR) is 117 cm³/mol. The number of fused-ring (bicyclic) bond motifs is 2. The lowest BCUT2D eigenvalue weighted by atomic mass is 10.0. The highest BCUT2D eigenvalue weighted by molar-refractivity contribution is 5.54. The van der Waals surface area contributed by atoms with Crippen molar-refractivity contribution in [1.82, 2.24) is 4.90 Å².